The van der Waals surface area contributed by atoms with Gasteiger partial charge in [-0.2, -0.15) is 0 Å². The number of rotatable bonds is 1. The van der Waals surface area contributed by atoms with Crippen LogP contribution in [0.4, 0.5) is 10.1 Å². The Balaban J connectivity index is 2.26. The maximum Gasteiger partial charge on any atom is 0.183 e. The summed E-state index contributed by atoms with van der Waals surface area (Å²) in [6, 6.07) is 1.63. The van der Waals surface area contributed by atoms with Gasteiger partial charge in [-0.25, -0.2) is 9.37 Å². The van der Waals surface area contributed by atoms with Crippen LogP contribution in [0, 0.1) is 5.82 Å². The highest BCUT2D eigenvalue weighted by molar-refractivity contribution is 6.29. The molecular weight excluding hydrogens is 207 g/mol. The van der Waals surface area contributed by atoms with Gasteiger partial charge in [0.1, 0.15) is 0 Å². The maximum absolute atomic E-state index is 13.5. The molecule has 5 heteroatoms. The molecule has 0 radical (unpaired) electrons. The lowest BCUT2D eigenvalue weighted by Gasteiger charge is -2.28. The molecule has 0 spiro atoms. The van der Waals surface area contributed by atoms with Gasteiger partial charge in [-0.3, -0.25) is 0 Å². The maximum atomic E-state index is 13.5. The lowest BCUT2D eigenvalue weighted by molar-refractivity contribution is 0.122. The second kappa shape index (κ2) is 4.11. The van der Waals surface area contributed by atoms with Crippen molar-refractivity contribution in [3.8, 4) is 0 Å². The van der Waals surface area contributed by atoms with Crippen molar-refractivity contribution in [2.24, 2.45) is 0 Å². The topological polar surface area (TPSA) is 25.4 Å². The number of ether oxygens (including phenoxy) is 1. The third-order valence-electron chi connectivity index (χ3n) is 2.18. The Morgan fingerprint density at radius 3 is 2.86 bits per heavy atom. The molecule has 76 valence electrons. The van der Waals surface area contributed by atoms with Gasteiger partial charge in [0.15, 0.2) is 11.0 Å². The average molecular weight is 217 g/mol. The monoisotopic (exact) mass is 216 g/mol. The molecule has 2 rings (SSSR count). The molecule has 1 fully saturated rings. The number of nitrogens with zero attached hydrogens (tertiary/aromatic N) is 2. The molecule has 2 heterocycles. The number of morpholine rings is 1. The molecule has 0 unspecified atom stereocenters. The third-order valence-corrected chi connectivity index (χ3v) is 2.44. The zero-order chi connectivity index (χ0) is 9.97. The van der Waals surface area contributed by atoms with Gasteiger partial charge in [0.05, 0.1) is 18.9 Å². The summed E-state index contributed by atoms with van der Waals surface area (Å²) in [7, 11) is 0. The van der Waals surface area contributed by atoms with Crippen molar-refractivity contribution in [2.45, 2.75) is 0 Å². The van der Waals surface area contributed by atoms with E-state index in [0.29, 0.717) is 32.0 Å². The van der Waals surface area contributed by atoms with Crippen molar-refractivity contribution < 1.29 is 9.13 Å². The van der Waals surface area contributed by atoms with Gasteiger partial charge in [0, 0.05) is 19.3 Å². The van der Waals surface area contributed by atoms with Crippen molar-refractivity contribution in [1.29, 1.82) is 0 Å². The summed E-state index contributed by atoms with van der Waals surface area (Å²) in [5, 5.41) is -0.0750. The van der Waals surface area contributed by atoms with E-state index in [-0.39, 0.29) is 5.15 Å². The predicted molar refractivity (Wildman–Crippen MR) is 52.2 cm³/mol. The molecule has 1 aromatic rings. The van der Waals surface area contributed by atoms with Crippen LogP contribution in [-0.4, -0.2) is 31.3 Å². The van der Waals surface area contributed by atoms with Crippen LogP contribution < -0.4 is 4.90 Å². The number of aromatic nitrogens is 1. The lowest BCUT2D eigenvalue weighted by Crippen LogP contribution is -2.36. The molecule has 0 aromatic carbocycles. The van der Waals surface area contributed by atoms with Crippen molar-refractivity contribution in [2.75, 3.05) is 31.2 Å². The highest BCUT2D eigenvalue weighted by Crippen LogP contribution is 2.23. The fourth-order valence-corrected chi connectivity index (χ4v) is 1.61. The first-order valence-electron chi connectivity index (χ1n) is 4.42. The molecule has 14 heavy (non-hydrogen) atoms. The smallest absolute Gasteiger partial charge is 0.183 e. The predicted octanol–water partition coefficient (Wildman–Crippen LogP) is 1.71. The van der Waals surface area contributed by atoms with E-state index < -0.39 is 5.82 Å². The van der Waals surface area contributed by atoms with Gasteiger partial charge in [-0.15, -0.1) is 0 Å². The van der Waals surface area contributed by atoms with Gasteiger partial charge in [-0.05, 0) is 6.07 Å². The Hall–Kier alpha value is -0.870. The van der Waals surface area contributed by atoms with Gasteiger partial charge in [0.25, 0.3) is 0 Å². The van der Waals surface area contributed by atoms with Crippen LogP contribution >= 0.6 is 11.6 Å². The number of pyridine rings is 1. The first-order valence-corrected chi connectivity index (χ1v) is 4.79. The molecular formula is C9H10ClFN2O. The molecule has 0 amide bonds. The van der Waals surface area contributed by atoms with Crippen LogP contribution in [-0.2, 0) is 4.74 Å². The lowest BCUT2D eigenvalue weighted by atomic mass is 10.3. The largest absolute Gasteiger partial charge is 0.378 e. The second-order valence-corrected chi connectivity index (χ2v) is 3.39. The minimum Gasteiger partial charge on any atom is -0.378 e. The Kier molecular flexibility index (Phi) is 2.84. The van der Waals surface area contributed by atoms with E-state index in [1.54, 1.807) is 6.07 Å². The highest BCUT2D eigenvalue weighted by Gasteiger charge is 2.16. The third kappa shape index (κ3) is 1.81. The van der Waals surface area contributed by atoms with Crippen LogP contribution in [0.1, 0.15) is 0 Å². The summed E-state index contributed by atoms with van der Waals surface area (Å²) in [6.45, 7) is 2.63. The van der Waals surface area contributed by atoms with Crippen LogP contribution in [0.25, 0.3) is 0 Å². The van der Waals surface area contributed by atoms with Crippen LogP contribution in [0.3, 0.4) is 0 Å². The van der Waals surface area contributed by atoms with E-state index in [1.807, 2.05) is 4.90 Å². The standard InChI is InChI=1S/C9H10ClFN2O/c10-9-8(11)7(1-2-12-9)13-3-5-14-6-4-13/h1-2H,3-6H2. The van der Waals surface area contributed by atoms with Crippen molar-refractivity contribution >= 4 is 17.3 Å². The Morgan fingerprint density at radius 2 is 2.14 bits per heavy atom. The fourth-order valence-electron chi connectivity index (χ4n) is 1.46. The summed E-state index contributed by atoms with van der Waals surface area (Å²) in [5.41, 5.74) is 0.508. The Bertz CT molecular complexity index is 329. The van der Waals surface area contributed by atoms with E-state index in [4.69, 9.17) is 16.3 Å². The number of anilines is 1. The van der Waals surface area contributed by atoms with Gasteiger partial charge in [-0.1, -0.05) is 11.6 Å². The van der Waals surface area contributed by atoms with E-state index in [2.05, 4.69) is 4.98 Å². The van der Waals surface area contributed by atoms with Crippen molar-refractivity contribution in [3.05, 3.63) is 23.2 Å². The molecule has 0 N–H and O–H groups in total. The molecule has 1 saturated heterocycles. The summed E-state index contributed by atoms with van der Waals surface area (Å²) in [4.78, 5) is 5.58. The molecule has 1 aromatic heterocycles. The molecule has 1 aliphatic rings. The van der Waals surface area contributed by atoms with E-state index >= 15 is 0 Å². The van der Waals surface area contributed by atoms with Crippen molar-refractivity contribution in [1.82, 2.24) is 4.98 Å². The van der Waals surface area contributed by atoms with Crippen LogP contribution in [0.2, 0.25) is 5.15 Å². The SMILES string of the molecule is Fc1c(N2CCOCC2)ccnc1Cl. The van der Waals surface area contributed by atoms with Crippen LogP contribution in [0.5, 0.6) is 0 Å². The molecule has 0 saturated carbocycles. The van der Waals surface area contributed by atoms with E-state index in [9.17, 15) is 4.39 Å². The summed E-state index contributed by atoms with van der Waals surface area (Å²) in [6.07, 6.45) is 1.51. The first-order chi connectivity index (χ1) is 6.79. The van der Waals surface area contributed by atoms with Gasteiger partial charge >= 0.3 is 0 Å². The second-order valence-electron chi connectivity index (χ2n) is 3.03. The molecule has 0 aliphatic carbocycles. The summed E-state index contributed by atoms with van der Waals surface area (Å²) in [5.74, 6) is -0.448. The minimum absolute atomic E-state index is 0.0750. The van der Waals surface area contributed by atoms with E-state index in [0.717, 1.165) is 0 Å². The molecule has 3 nitrogen and oxygen atoms in total. The molecule has 1 aliphatic heterocycles. The summed E-state index contributed by atoms with van der Waals surface area (Å²) >= 11 is 5.59. The summed E-state index contributed by atoms with van der Waals surface area (Å²) < 4.78 is 18.7. The number of hydrogen-bond donors (Lipinski definition) is 0. The normalized spacial score (nSPS) is 17.1. The number of hydrogen-bond acceptors (Lipinski definition) is 3. The molecule has 0 atom stereocenters. The quantitative estimate of drug-likeness (QED) is 0.669. The Labute approximate surface area is 86.4 Å². The minimum atomic E-state index is -0.448. The Morgan fingerprint density at radius 1 is 1.43 bits per heavy atom. The fraction of sp³-hybridized carbons (Fsp3) is 0.444. The average Bonchev–Trinajstić information content (AvgIpc) is 2.23. The number of halogens is 2. The molecule has 0 bridgehead atoms. The zero-order valence-corrected chi connectivity index (χ0v) is 8.30. The van der Waals surface area contributed by atoms with Gasteiger partial charge < -0.3 is 9.64 Å². The highest BCUT2D eigenvalue weighted by atomic mass is 35.5. The van der Waals surface area contributed by atoms with Crippen molar-refractivity contribution in [3.63, 3.8) is 0 Å². The van der Waals surface area contributed by atoms with E-state index in [1.165, 1.54) is 6.20 Å². The zero-order valence-electron chi connectivity index (χ0n) is 7.54. The first kappa shape index (κ1) is 9.68. The van der Waals surface area contributed by atoms with Crippen LogP contribution in [0.15, 0.2) is 12.3 Å². The van der Waals surface area contributed by atoms with Gasteiger partial charge in [0.2, 0.25) is 0 Å².